The molecule has 3 aromatic rings. The molecule has 0 unspecified atom stereocenters. The van der Waals surface area contributed by atoms with Crippen molar-refractivity contribution in [3.05, 3.63) is 60.3 Å². The van der Waals surface area contributed by atoms with Crippen LogP contribution in [0.3, 0.4) is 0 Å². The Bertz CT molecular complexity index is 1050. The summed E-state index contributed by atoms with van der Waals surface area (Å²) in [5, 5.41) is 5.68. The Morgan fingerprint density at radius 3 is 2.27 bits per heavy atom. The third-order valence-corrected chi connectivity index (χ3v) is 4.26. The van der Waals surface area contributed by atoms with Crippen LogP contribution in [-0.2, 0) is 6.18 Å². The van der Waals surface area contributed by atoms with Crippen molar-refractivity contribution in [1.29, 1.82) is 0 Å². The molecule has 1 aromatic heterocycles. The summed E-state index contributed by atoms with van der Waals surface area (Å²) in [5.74, 6) is 1.22. The summed E-state index contributed by atoms with van der Waals surface area (Å²) in [7, 11) is 0. The third-order valence-electron chi connectivity index (χ3n) is 4.26. The second-order valence-electron chi connectivity index (χ2n) is 8.13. The number of alkyl halides is 3. The van der Waals surface area contributed by atoms with Crippen LogP contribution in [0.25, 0.3) is 0 Å². The van der Waals surface area contributed by atoms with E-state index in [1.807, 2.05) is 27.7 Å². The summed E-state index contributed by atoms with van der Waals surface area (Å²) >= 11 is 0. The lowest BCUT2D eigenvalue weighted by molar-refractivity contribution is -0.137. The SMILES string of the molecule is CC(C)COc1cccc(Nc2nc(Nc3ccc(OC(C)C)cc3)ncc2C(F)(F)F)c1. The Morgan fingerprint density at radius 2 is 1.64 bits per heavy atom. The molecule has 0 spiro atoms. The molecule has 1 heterocycles. The highest BCUT2D eigenvalue weighted by Gasteiger charge is 2.35. The molecule has 0 aliphatic carbocycles. The maximum atomic E-state index is 13.6. The lowest BCUT2D eigenvalue weighted by atomic mass is 10.2. The van der Waals surface area contributed by atoms with Crippen molar-refractivity contribution in [2.24, 2.45) is 5.92 Å². The van der Waals surface area contributed by atoms with Gasteiger partial charge in [-0.15, -0.1) is 0 Å². The molecule has 9 heteroatoms. The van der Waals surface area contributed by atoms with Gasteiger partial charge in [-0.3, -0.25) is 0 Å². The van der Waals surface area contributed by atoms with E-state index in [2.05, 4.69) is 20.6 Å². The van der Waals surface area contributed by atoms with Crippen LogP contribution in [0.1, 0.15) is 33.3 Å². The number of halogens is 3. The van der Waals surface area contributed by atoms with Crippen molar-refractivity contribution in [2.45, 2.75) is 40.0 Å². The first kappa shape index (κ1) is 24.2. The lowest BCUT2D eigenvalue weighted by Gasteiger charge is -2.16. The summed E-state index contributed by atoms with van der Waals surface area (Å²) in [4.78, 5) is 7.92. The average molecular weight is 461 g/mol. The largest absolute Gasteiger partial charge is 0.493 e. The van der Waals surface area contributed by atoms with Crippen molar-refractivity contribution in [3.8, 4) is 11.5 Å². The molecule has 0 fully saturated rings. The maximum absolute atomic E-state index is 13.6. The minimum absolute atomic E-state index is 0.0234. The molecule has 6 nitrogen and oxygen atoms in total. The van der Waals surface area contributed by atoms with E-state index in [0.717, 1.165) is 6.20 Å². The van der Waals surface area contributed by atoms with Gasteiger partial charge in [0.25, 0.3) is 0 Å². The minimum atomic E-state index is -4.62. The van der Waals surface area contributed by atoms with Gasteiger partial charge in [0.1, 0.15) is 22.9 Å². The van der Waals surface area contributed by atoms with E-state index >= 15 is 0 Å². The maximum Gasteiger partial charge on any atom is 0.421 e. The van der Waals surface area contributed by atoms with Crippen LogP contribution in [0.15, 0.2) is 54.7 Å². The van der Waals surface area contributed by atoms with Gasteiger partial charge >= 0.3 is 6.18 Å². The Kier molecular flexibility index (Phi) is 7.63. The van der Waals surface area contributed by atoms with Gasteiger partial charge in [0.2, 0.25) is 5.95 Å². The van der Waals surface area contributed by atoms with E-state index in [0.29, 0.717) is 35.4 Å². The van der Waals surface area contributed by atoms with Crippen molar-refractivity contribution >= 4 is 23.1 Å². The first-order chi connectivity index (χ1) is 15.6. The van der Waals surface area contributed by atoms with Crippen LogP contribution in [-0.4, -0.2) is 22.7 Å². The average Bonchev–Trinajstić information content (AvgIpc) is 2.73. The molecule has 0 saturated carbocycles. The highest BCUT2D eigenvalue weighted by atomic mass is 19.4. The molecule has 0 atom stereocenters. The lowest BCUT2D eigenvalue weighted by Crippen LogP contribution is -2.12. The van der Waals surface area contributed by atoms with Gasteiger partial charge in [-0.05, 0) is 56.2 Å². The predicted molar refractivity (Wildman–Crippen MR) is 123 cm³/mol. The number of aromatic nitrogens is 2. The topological polar surface area (TPSA) is 68.3 Å². The number of hydrogen-bond donors (Lipinski definition) is 2. The Morgan fingerprint density at radius 1 is 0.909 bits per heavy atom. The summed E-state index contributed by atoms with van der Waals surface area (Å²) in [6.45, 7) is 8.36. The van der Waals surface area contributed by atoms with Crippen LogP contribution in [0, 0.1) is 5.92 Å². The van der Waals surface area contributed by atoms with Gasteiger partial charge in [-0.1, -0.05) is 19.9 Å². The molecule has 0 aliphatic rings. The van der Waals surface area contributed by atoms with Crippen molar-refractivity contribution in [3.63, 3.8) is 0 Å². The first-order valence-corrected chi connectivity index (χ1v) is 10.6. The number of rotatable bonds is 9. The number of hydrogen-bond acceptors (Lipinski definition) is 6. The van der Waals surface area contributed by atoms with Gasteiger partial charge in [0, 0.05) is 23.6 Å². The Hall–Kier alpha value is -3.49. The standard InChI is InChI=1S/C24H27F3N4O2/c1-15(2)14-32-20-7-5-6-18(12-20)29-22-21(24(25,26)27)13-28-23(31-22)30-17-8-10-19(11-9-17)33-16(3)4/h5-13,15-16H,14H2,1-4H3,(H2,28,29,30,31). The predicted octanol–water partition coefficient (Wildman–Crippen LogP) is 6.80. The van der Waals surface area contributed by atoms with Crippen LogP contribution in [0.4, 0.5) is 36.3 Å². The highest BCUT2D eigenvalue weighted by Crippen LogP contribution is 2.35. The fourth-order valence-electron chi connectivity index (χ4n) is 2.83. The number of nitrogens with one attached hydrogen (secondary N) is 2. The normalized spacial score (nSPS) is 11.5. The summed E-state index contributed by atoms with van der Waals surface area (Å²) in [6.07, 6.45) is -3.83. The minimum Gasteiger partial charge on any atom is -0.493 e. The zero-order chi connectivity index (χ0) is 24.0. The van der Waals surface area contributed by atoms with Gasteiger partial charge < -0.3 is 20.1 Å². The van der Waals surface area contributed by atoms with Crippen molar-refractivity contribution < 1.29 is 22.6 Å². The van der Waals surface area contributed by atoms with Crippen LogP contribution < -0.4 is 20.1 Å². The summed E-state index contributed by atoms with van der Waals surface area (Å²) < 4.78 is 52.0. The van der Waals surface area contributed by atoms with E-state index < -0.39 is 11.7 Å². The quantitative estimate of drug-likeness (QED) is 0.366. The summed E-state index contributed by atoms with van der Waals surface area (Å²) in [5.41, 5.74) is 0.0599. The zero-order valence-corrected chi connectivity index (χ0v) is 18.9. The highest BCUT2D eigenvalue weighted by molar-refractivity contribution is 5.64. The smallest absolute Gasteiger partial charge is 0.421 e. The molecule has 0 radical (unpaired) electrons. The van der Waals surface area contributed by atoms with E-state index in [1.54, 1.807) is 48.5 Å². The second-order valence-corrected chi connectivity index (χ2v) is 8.13. The van der Waals surface area contributed by atoms with Gasteiger partial charge in [-0.2, -0.15) is 18.2 Å². The third kappa shape index (κ3) is 7.27. The monoisotopic (exact) mass is 460 g/mol. The molecule has 2 N–H and O–H groups in total. The van der Waals surface area contributed by atoms with Crippen LogP contribution in [0.5, 0.6) is 11.5 Å². The second kappa shape index (κ2) is 10.4. The van der Waals surface area contributed by atoms with Crippen molar-refractivity contribution in [2.75, 3.05) is 17.2 Å². The number of benzene rings is 2. The van der Waals surface area contributed by atoms with E-state index in [4.69, 9.17) is 9.47 Å². The number of nitrogens with zero attached hydrogens (tertiary/aromatic N) is 2. The molecule has 2 aromatic carbocycles. The van der Waals surface area contributed by atoms with Crippen LogP contribution in [0.2, 0.25) is 0 Å². The molecule has 176 valence electrons. The fourth-order valence-corrected chi connectivity index (χ4v) is 2.83. The molecule has 0 amide bonds. The molecule has 33 heavy (non-hydrogen) atoms. The number of ether oxygens (including phenoxy) is 2. The molecular weight excluding hydrogens is 433 g/mol. The Labute approximate surface area is 191 Å². The Balaban J connectivity index is 1.83. The summed E-state index contributed by atoms with van der Waals surface area (Å²) in [6, 6.07) is 13.7. The van der Waals surface area contributed by atoms with E-state index in [-0.39, 0.29) is 17.9 Å². The van der Waals surface area contributed by atoms with Gasteiger partial charge in [0.15, 0.2) is 0 Å². The first-order valence-electron chi connectivity index (χ1n) is 10.6. The molecule has 0 bridgehead atoms. The number of anilines is 4. The fraction of sp³-hybridized carbons (Fsp3) is 0.333. The van der Waals surface area contributed by atoms with E-state index in [9.17, 15) is 13.2 Å². The molecule has 3 rings (SSSR count). The zero-order valence-electron chi connectivity index (χ0n) is 18.9. The molecule has 0 saturated heterocycles. The van der Waals surface area contributed by atoms with Gasteiger partial charge in [-0.25, -0.2) is 4.98 Å². The molecule has 0 aliphatic heterocycles. The van der Waals surface area contributed by atoms with Crippen molar-refractivity contribution in [1.82, 2.24) is 9.97 Å². The molecular formula is C24H27F3N4O2. The van der Waals surface area contributed by atoms with Crippen LogP contribution >= 0.6 is 0 Å². The van der Waals surface area contributed by atoms with Gasteiger partial charge in [0.05, 0.1) is 12.7 Å². The van der Waals surface area contributed by atoms with E-state index in [1.165, 1.54) is 0 Å².